The molecule has 0 spiro atoms. The number of carbonyl (C=O) groups is 2. The van der Waals surface area contributed by atoms with Gasteiger partial charge in [-0.25, -0.2) is 4.79 Å². The summed E-state index contributed by atoms with van der Waals surface area (Å²) < 4.78 is 10.7. The summed E-state index contributed by atoms with van der Waals surface area (Å²) in [7, 11) is 0. The number of alkyl carbamates (subject to hydrolysis) is 1. The van der Waals surface area contributed by atoms with E-state index in [-0.39, 0.29) is 12.5 Å². The van der Waals surface area contributed by atoms with E-state index in [1.54, 1.807) is 0 Å². The Morgan fingerprint density at radius 2 is 1.78 bits per heavy atom. The first-order valence-corrected chi connectivity index (χ1v) is 9.19. The van der Waals surface area contributed by atoms with Crippen molar-refractivity contribution in [1.29, 1.82) is 0 Å². The third-order valence-corrected chi connectivity index (χ3v) is 3.69. The fourth-order valence-corrected chi connectivity index (χ4v) is 2.52. The summed E-state index contributed by atoms with van der Waals surface area (Å²) in [5.74, 6) is 0.485. The van der Waals surface area contributed by atoms with E-state index in [0.29, 0.717) is 18.8 Å². The number of aromatic nitrogens is 1. The van der Waals surface area contributed by atoms with Crippen LogP contribution in [0.5, 0.6) is 5.75 Å². The molecule has 2 amide bonds. The quantitative estimate of drug-likeness (QED) is 0.618. The molecule has 7 nitrogen and oxygen atoms in total. The van der Waals surface area contributed by atoms with Crippen molar-refractivity contribution in [3.63, 3.8) is 0 Å². The van der Waals surface area contributed by atoms with Crippen molar-refractivity contribution in [3.8, 4) is 5.75 Å². The highest BCUT2D eigenvalue weighted by Crippen LogP contribution is 2.21. The van der Waals surface area contributed by atoms with E-state index in [1.807, 2.05) is 45.9 Å². The molecule has 0 unspecified atom stereocenters. The van der Waals surface area contributed by atoms with Gasteiger partial charge in [-0.15, -0.1) is 0 Å². The van der Waals surface area contributed by atoms with Crippen molar-refractivity contribution < 1.29 is 19.1 Å². The highest BCUT2D eigenvalue weighted by atomic mass is 16.6. The molecule has 148 valence electrons. The molecule has 0 bridgehead atoms. The van der Waals surface area contributed by atoms with Crippen LogP contribution in [0, 0.1) is 6.92 Å². The molecule has 0 aliphatic rings. The van der Waals surface area contributed by atoms with Gasteiger partial charge in [-0.1, -0.05) is 0 Å². The van der Waals surface area contributed by atoms with Gasteiger partial charge in [-0.3, -0.25) is 4.79 Å². The number of amides is 2. The van der Waals surface area contributed by atoms with Crippen LogP contribution in [0.1, 0.15) is 39.3 Å². The number of hydrogen-bond acceptors (Lipinski definition) is 4. The van der Waals surface area contributed by atoms with E-state index >= 15 is 0 Å². The van der Waals surface area contributed by atoms with Crippen LogP contribution in [0.3, 0.4) is 0 Å². The molecular formula is C20H29N3O4. The first-order chi connectivity index (χ1) is 12.7. The van der Waals surface area contributed by atoms with Crippen LogP contribution in [0.25, 0.3) is 10.9 Å². The highest BCUT2D eigenvalue weighted by Gasteiger charge is 2.15. The van der Waals surface area contributed by atoms with Gasteiger partial charge in [0.05, 0.1) is 0 Å². The molecule has 0 aliphatic heterocycles. The predicted molar refractivity (Wildman–Crippen MR) is 105 cm³/mol. The molecule has 2 aromatic rings. The molecular weight excluding hydrogens is 346 g/mol. The lowest BCUT2D eigenvalue weighted by Gasteiger charge is -2.19. The molecule has 7 heteroatoms. The minimum atomic E-state index is -0.498. The Labute approximate surface area is 159 Å². The van der Waals surface area contributed by atoms with Crippen LogP contribution >= 0.6 is 0 Å². The van der Waals surface area contributed by atoms with Crippen LogP contribution < -0.4 is 15.4 Å². The number of rotatable bonds is 8. The average molecular weight is 375 g/mol. The summed E-state index contributed by atoms with van der Waals surface area (Å²) in [6, 6.07) is 7.76. The van der Waals surface area contributed by atoms with E-state index in [0.717, 1.165) is 29.4 Å². The summed E-state index contributed by atoms with van der Waals surface area (Å²) in [5.41, 5.74) is 1.58. The molecule has 2 rings (SSSR count). The molecule has 1 heterocycles. The second-order valence-corrected chi connectivity index (χ2v) is 7.48. The highest BCUT2D eigenvalue weighted by molar-refractivity contribution is 5.82. The lowest BCUT2D eigenvalue weighted by molar-refractivity contribution is -0.123. The molecule has 0 radical (unpaired) electrons. The smallest absolute Gasteiger partial charge is 0.407 e. The van der Waals surface area contributed by atoms with Gasteiger partial charge in [0.15, 0.2) is 6.61 Å². The van der Waals surface area contributed by atoms with Gasteiger partial charge in [0.25, 0.3) is 5.91 Å². The summed E-state index contributed by atoms with van der Waals surface area (Å²) in [4.78, 5) is 26.6. The summed E-state index contributed by atoms with van der Waals surface area (Å²) in [6.45, 7) is 8.48. The Hall–Kier alpha value is -2.70. The third-order valence-electron chi connectivity index (χ3n) is 3.69. The van der Waals surface area contributed by atoms with Crippen LogP contribution in [0.4, 0.5) is 4.79 Å². The SMILES string of the molecule is Cc1cc2ccc(OCC(=O)NCCCCNC(=O)OC(C)(C)C)cc2[nH]1. The zero-order valence-corrected chi connectivity index (χ0v) is 16.5. The lowest BCUT2D eigenvalue weighted by atomic mass is 10.2. The first-order valence-electron chi connectivity index (χ1n) is 9.19. The largest absolute Gasteiger partial charge is 0.484 e. The monoisotopic (exact) mass is 375 g/mol. The van der Waals surface area contributed by atoms with Gasteiger partial charge in [-0.05, 0) is 64.1 Å². The zero-order valence-electron chi connectivity index (χ0n) is 16.5. The summed E-state index contributed by atoms with van der Waals surface area (Å²) >= 11 is 0. The number of aryl methyl sites for hydroxylation is 1. The number of fused-ring (bicyclic) bond motifs is 1. The van der Waals surface area contributed by atoms with E-state index < -0.39 is 11.7 Å². The van der Waals surface area contributed by atoms with Crippen LogP contribution in [0.15, 0.2) is 24.3 Å². The molecule has 0 saturated heterocycles. The fraction of sp³-hybridized carbons (Fsp3) is 0.500. The number of ether oxygens (including phenoxy) is 2. The number of H-pyrrole nitrogens is 1. The second kappa shape index (κ2) is 9.30. The van der Waals surface area contributed by atoms with E-state index in [1.165, 1.54) is 0 Å². The van der Waals surface area contributed by atoms with Crippen molar-refractivity contribution in [3.05, 3.63) is 30.0 Å². The average Bonchev–Trinajstić information content (AvgIpc) is 2.93. The number of benzene rings is 1. The van der Waals surface area contributed by atoms with Gasteiger partial charge in [0.1, 0.15) is 11.4 Å². The molecule has 0 aliphatic carbocycles. The summed E-state index contributed by atoms with van der Waals surface area (Å²) in [5, 5.41) is 6.61. The second-order valence-electron chi connectivity index (χ2n) is 7.48. The Balaban J connectivity index is 1.57. The van der Waals surface area contributed by atoms with E-state index in [9.17, 15) is 9.59 Å². The van der Waals surface area contributed by atoms with Crippen molar-refractivity contribution in [1.82, 2.24) is 15.6 Å². The van der Waals surface area contributed by atoms with Crippen LogP contribution in [0.2, 0.25) is 0 Å². The lowest BCUT2D eigenvalue weighted by Crippen LogP contribution is -2.33. The third kappa shape index (κ3) is 7.60. The van der Waals surface area contributed by atoms with Crippen molar-refractivity contribution in [2.24, 2.45) is 0 Å². The Kier molecular flexibility index (Phi) is 7.10. The predicted octanol–water partition coefficient (Wildman–Crippen LogP) is 3.28. The van der Waals surface area contributed by atoms with Crippen LogP contribution in [-0.2, 0) is 9.53 Å². The fourth-order valence-electron chi connectivity index (χ4n) is 2.52. The minimum absolute atomic E-state index is 0.0264. The van der Waals surface area contributed by atoms with Gasteiger partial charge in [0.2, 0.25) is 0 Å². The maximum atomic E-state index is 11.8. The number of aromatic amines is 1. The molecule has 27 heavy (non-hydrogen) atoms. The van der Waals surface area contributed by atoms with Crippen molar-refractivity contribution >= 4 is 22.9 Å². The molecule has 3 N–H and O–H groups in total. The molecule has 1 aromatic carbocycles. The molecule has 0 fully saturated rings. The zero-order chi connectivity index (χ0) is 19.9. The van der Waals surface area contributed by atoms with Crippen molar-refractivity contribution in [2.75, 3.05) is 19.7 Å². The number of carbonyl (C=O) groups excluding carboxylic acids is 2. The first kappa shape index (κ1) is 20.6. The Bertz CT molecular complexity index is 777. The van der Waals surface area contributed by atoms with Crippen LogP contribution in [-0.4, -0.2) is 42.3 Å². The molecule has 0 saturated carbocycles. The van der Waals surface area contributed by atoms with Gasteiger partial charge < -0.3 is 25.1 Å². The Morgan fingerprint density at radius 1 is 1.07 bits per heavy atom. The van der Waals surface area contributed by atoms with E-state index in [4.69, 9.17) is 9.47 Å². The normalized spacial score (nSPS) is 11.3. The maximum absolute atomic E-state index is 11.8. The minimum Gasteiger partial charge on any atom is -0.484 e. The van der Waals surface area contributed by atoms with Gasteiger partial charge in [-0.2, -0.15) is 0 Å². The Morgan fingerprint density at radius 3 is 2.48 bits per heavy atom. The molecule has 0 atom stereocenters. The van der Waals surface area contributed by atoms with Crippen molar-refractivity contribution in [2.45, 2.75) is 46.1 Å². The maximum Gasteiger partial charge on any atom is 0.407 e. The van der Waals surface area contributed by atoms with Gasteiger partial charge >= 0.3 is 6.09 Å². The van der Waals surface area contributed by atoms with Gasteiger partial charge in [0, 0.05) is 30.4 Å². The van der Waals surface area contributed by atoms with E-state index in [2.05, 4.69) is 21.7 Å². The number of nitrogens with one attached hydrogen (secondary N) is 3. The summed E-state index contributed by atoms with van der Waals surface area (Å²) in [6.07, 6.45) is 1.09. The topological polar surface area (TPSA) is 92.5 Å². The standard InChI is InChI=1S/C20H29N3O4/c1-14-11-15-7-8-16(12-17(15)23-14)26-13-18(24)21-9-5-6-10-22-19(25)27-20(2,3)4/h7-8,11-12,23H,5-6,9-10,13H2,1-4H3,(H,21,24)(H,22,25). The number of unbranched alkanes of at least 4 members (excludes halogenated alkanes) is 1. The number of hydrogen-bond donors (Lipinski definition) is 3. The molecule has 1 aromatic heterocycles.